The van der Waals surface area contributed by atoms with Crippen LogP contribution < -0.4 is 4.74 Å². The first-order valence-electron chi connectivity index (χ1n) is 7.55. The lowest BCUT2D eigenvalue weighted by Crippen LogP contribution is -2.33. The fourth-order valence-electron chi connectivity index (χ4n) is 3.08. The van der Waals surface area contributed by atoms with E-state index in [-0.39, 0.29) is 11.9 Å². The first-order valence-corrected chi connectivity index (χ1v) is 7.55. The Balaban J connectivity index is 2.16. The van der Waals surface area contributed by atoms with Gasteiger partial charge in [-0.15, -0.1) is 0 Å². The molecule has 0 spiro atoms. The van der Waals surface area contributed by atoms with Crippen LogP contribution in [0.1, 0.15) is 30.9 Å². The Hall–Kier alpha value is -2.63. The number of ether oxygens (including phenoxy) is 2. The van der Waals surface area contributed by atoms with Gasteiger partial charge in [-0.1, -0.05) is 18.2 Å². The van der Waals surface area contributed by atoms with E-state index in [0.29, 0.717) is 18.1 Å². The summed E-state index contributed by atoms with van der Waals surface area (Å²) >= 11 is 0. The number of H-pyrrole nitrogens is 1. The monoisotopic (exact) mass is 313 g/mol. The third-order valence-corrected chi connectivity index (χ3v) is 4.07. The minimum absolute atomic E-state index is 0.239. The SMILES string of the molecule is CCOC(=O)C1C(C)=Nc2[nH]ncc2C1c1ccccc1OC. The average Bonchev–Trinajstić information content (AvgIpc) is 3.01. The molecule has 1 aliphatic heterocycles. The van der Waals surface area contributed by atoms with Gasteiger partial charge in [-0.2, -0.15) is 5.10 Å². The Morgan fingerprint density at radius 3 is 2.83 bits per heavy atom. The van der Waals surface area contributed by atoms with Crippen molar-refractivity contribution >= 4 is 17.5 Å². The van der Waals surface area contributed by atoms with E-state index < -0.39 is 5.92 Å². The van der Waals surface area contributed by atoms with E-state index in [4.69, 9.17) is 9.47 Å². The van der Waals surface area contributed by atoms with Crippen LogP contribution in [-0.2, 0) is 9.53 Å². The zero-order valence-electron chi connectivity index (χ0n) is 13.4. The average molecular weight is 313 g/mol. The maximum absolute atomic E-state index is 12.5. The van der Waals surface area contributed by atoms with E-state index in [9.17, 15) is 4.79 Å². The number of fused-ring (bicyclic) bond motifs is 1. The fraction of sp³-hybridized carbons (Fsp3) is 0.353. The van der Waals surface area contributed by atoms with E-state index in [1.54, 1.807) is 20.2 Å². The Morgan fingerprint density at radius 1 is 1.30 bits per heavy atom. The Bertz CT molecular complexity index is 751. The number of methoxy groups -OCH3 is 1. The summed E-state index contributed by atoms with van der Waals surface area (Å²) in [5, 5.41) is 6.97. The van der Waals surface area contributed by atoms with Crippen LogP contribution in [0.3, 0.4) is 0 Å². The maximum Gasteiger partial charge on any atom is 0.315 e. The molecule has 0 amide bonds. The number of aromatic amines is 1. The molecule has 0 aliphatic carbocycles. The second-order valence-corrected chi connectivity index (χ2v) is 5.38. The molecule has 0 saturated heterocycles. The number of carbonyl (C=O) groups excluding carboxylic acids is 1. The Kier molecular flexibility index (Phi) is 4.14. The molecule has 1 N–H and O–H groups in total. The molecule has 2 heterocycles. The van der Waals surface area contributed by atoms with E-state index >= 15 is 0 Å². The fourth-order valence-corrected chi connectivity index (χ4v) is 3.08. The summed E-state index contributed by atoms with van der Waals surface area (Å²) in [6.07, 6.45) is 1.72. The summed E-state index contributed by atoms with van der Waals surface area (Å²) in [6, 6.07) is 7.69. The van der Waals surface area contributed by atoms with Crippen molar-refractivity contribution in [2.24, 2.45) is 10.9 Å². The molecule has 2 unspecified atom stereocenters. The van der Waals surface area contributed by atoms with Crippen LogP contribution in [0.5, 0.6) is 5.75 Å². The van der Waals surface area contributed by atoms with Gasteiger partial charge in [0.25, 0.3) is 0 Å². The summed E-state index contributed by atoms with van der Waals surface area (Å²) in [4.78, 5) is 17.0. The minimum atomic E-state index is -0.489. The molecule has 0 radical (unpaired) electrons. The number of aliphatic imine (C=N–C) groups is 1. The van der Waals surface area contributed by atoms with Crippen LogP contribution in [-0.4, -0.2) is 35.6 Å². The molecule has 1 aromatic carbocycles. The van der Waals surface area contributed by atoms with Gasteiger partial charge in [-0.25, -0.2) is 4.99 Å². The van der Waals surface area contributed by atoms with Gasteiger partial charge in [0.05, 0.1) is 19.9 Å². The highest BCUT2D eigenvalue weighted by Gasteiger charge is 2.40. The normalized spacial score (nSPS) is 19.7. The predicted molar refractivity (Wildman–Crippen MR) is 86.3 cm³/mol. The number of esters is 1. The van der Waals surface area contributed by atoms with Crippen molar-refractivity contribution in [3.8, 4) is 5.75 Å². The maximum atomic E-state index is 12.5. The molecule has 3 rings (SSSR count). The number of para-hydroxylation sites is 1. The van der Waals surface area contributed by atoms with Crippen molar-refractivity contribution in [3.63, 3.8) is 0 Å². The van der Waals surface area contributed by atoms with Gasteiger partial charge < -0.3 is 9.47 Å². The molecule has 0 bridgehead atoms. The number of carbonyl (C=O) groups is 1. The smallest absolute Gasteiger partial charge is 0.315 e. The van der Waals surface area contributed by atoms with Crippen molar-refractivity contribution in [1.29, 1.82) is 0 Å². The molecular weight excluding hydrogens is 294 g/mol. The highest BCUT2D eigenvalue weighted by Crippen LogP contribution is 2.44. The summed E-state index contributed by atoms with van der Waals surface area (Å²) in [7, 11) is 1.62. The van der Waals surface area contributed by atoms with Crippen molar-refractivity contribution in [2.45, 2.75) is 19.8 Å². The summed E-state index contributed by atoms with van der Waals surface area (Å²) in [5.41, 5.74) is 2.50. The van der Waals surface area contributed by atoms with Gasteiger partial charge in [0.2, 0.25) is 0 Å². The third-order valence-electron chi connectivity index (χ3n) is 4.07. The number of hydrogen-bond acceptors (Lipinski definition) is 5. The lowest BCUT2D eigenvalue weighted by atomic mass is 9.77. The first kappa shape index (κ1) is 15.3. The van der Waals surface area contributed by atoms with Gasteiger partial charge in [0.15, 0.2) is 5.82 Å². The van der Waals surface area contributed by atoms with Gasteiger partial charge in [0.1, 0.15) is 11.7 Å². The third kappa shape index (κ3) is 2.60. The molecule has 1 aromatic heterocycles. The highest BCUT2D eigenvalue weighted by molar-refractivity contribution is 6.04. The number of aromatic nitrogens is 2. The van der Waals surface area contributed by atoms with E-state index in [1.807, 2.05) is 31.2 Å². The highest BCUT2D eigenvalue weighted by atomic mass is 16.5. The molecular formula is C17H19N3O3. The van der Waals surface area contributed by atoms with Gasteiger partial charge in [0, 0.05) is 22.8 Å². The second-order valence-electron chi connectivity index (χ2n) is 5.38. The zero-order chi connectivity index (χ0) is 16.4. The summed E-state index contributed by atoms with van der Waals surface area (Å²) < 4.78 is 10.8. The lowest BCUT2D eigenvalue weighted by Gasteiger charge is -2.29. The number of nitrogens with one attached hydrogen (secondary N) is 1. The standard InChI is InChI=1S/C17H19N3O3/c1-4-23-17(21)14-10(2)19-16-12(9-18-20-16)15(14)11-7-5-6-8-13(11)22-3/h5-9,14-15H,4H2,1-3H3,(H,18,20). The molecule has 2 aromatic rings. The quantitative estimate of drug-likeness (QED) is 0.881. The van der Waals surface area contributed by atoms with Gasteiger partial charge in [-0.05, 0) is 19.9 Å². The summed E-state index contributed by atoms with van der Waals surface area (Å²) in [5.74, 6) is 0.400. The summed E-state index contributed by atoms with van der Waals surface area (Å²) in [6.45, 7) is 3.97. The van der Waals surface area contributed by atoms with Crippen LogP contribution >= 0.6 is 0 Å². The topological polar surface area (TPSA) is 76.6 Å². The van der Waals surface area contributed by atoms with Gasteiger partial charge in [-0.3, -0.25) is 9.89 Å². The van der Waals surface area contributed by atoms with Crippen molar-refractivity contribution in [3.05, 3.63) is 41.6 Å². The van der Waals surface area contributed by atoms with Crippen LogP contribution in [0.25, 0.3) is 0 Å². The van der Waals surface area contributed by atoms with Crippen LogP contribution in [0.2, 0.25) is 0 Å². The van der Waals surface area contributed by atoms with Crippen LogP contribution in [0.15, 0.2) is 35.5 Å². The van der Waals surface area contributed by atoms with Crippen LogP contribution in [0.4, 0.5) is 5.82 Å². The molecule has 1 aliphatic rings. The Morgan fingerprint density at radius 2 is 2.09 bits per heavy atom. The second kappa shape index (κ2) is 6.24. The molecule has 2 atom stereocenters. The molecule has 0 fully saturated rings. The number of rotatable bonds is 4. The molecule has 6 heteroatoms. The molecule has 120 valence electrons. The molecule has 0 saturated carbocycles. The number of hydrogen-bond donors (Lipinski definition) is 1. The zero-order valence-corrected chi connectivity index (χ0v) is 13.4. The van der Waals surface area contributed by atoms with Gasteiger partial charge >= 0.3 is 5.97 Å². The molecule has 6 nitrogen and oxygen atoms in total. The lowest BCUT2D eigenvalue weighted by molar-refractivity contribution is -0.146. The van der Waals surface area contributed by atoms with E-state index in [2.05, 4.69) is 15.2 Å². The largest absolute Gasteiger partial charge is 0.496 e. The number of benzene rings is 1. The van der Waals surface area contributed by atoms with E-state index in [0.717, 1.165) is 16.9 Å². The van der Waals surface area contributed by atoms with Crippen molar-refractivity contribution in [1.82, 2.24) is 10.2 Å². The minimum Gasteiger partial charge on any atom is -0.496 e. The van der Waals surface area contributed by atoms with Crippen LogP contribution in [0, 0.1) is 5.92 Å². The predicted octanol–water partition coefficient (Wildman–Crippen LogP) is 2.84. The van der Waals surface area contributed by atoms with E-state index in [1.165, 1.54) is 0 Å². The Labute approximate surface area is 134 Å². The first-order chi connectivity index (χ1) is 11.2. The number of nitrogens with zero attached hydrogens (tertiary/aromatic N) is 2. The van der Waals surface area contributed by atoms with Crippen molar-refractivity contribution < 1.29 is 14.3 Å². The molecule has 23 heavy (non-hydrogen) atoms. The van der Waals surface area contributed by atoms with Crippen molar-refractivity contribution in [2.75, 3.05) is 13.7 Å².